The molecule has 4 rings (SSSR count). The first-order valence-electron chi connectivity index (χ1n) is 11.1. The number of carbonyl (C=O) groups is 1. The number of rotatable bonds is 3. The van der Waals surface area contributed by atoms with E-state index < -0.39 is 0 Å². The number of benzene rings is 1. The minimum Gasteiger partial charge on any atom is -0.342 e. The molecule has 4 nitrogen and oxygen atoms in total. The van der Waals surface area contributed by atoms with E-state index in [0.717, 1.165) is 37.3 Å². The molecule has 1 aromatic heterocycles. The van der Waals surface area contributed by atoms with Gasteiger partial charge < -0.3 is 4.90 Å². The van der Waals surface area contributed by atoms with Crippen LogP contribution in [0.1, 0.15) is 55.0 Å². The number of amides is 1. The minimum absolute atomic E-state index is 0.0812. The number of likely N-dealkylation sites (tertiary alicyclic amines) is 1. The summed E-state index contributed by atoms with van der Waals surface area (Å²) in [5.41, 5.74) is 5.19. The van der Waals surface area contributed by atoms with E-state index in [1.807, 2.05) is 30.3 Å². The van der Waals surface area contributed by atoms with E-state index in [1.54, 1.807) is 0 Å². The number of piperidine rings is 1. The Kier molecular flexibility index (Phi) is 6.17. The maximum Gasteiger partial charge on any atom is 0.239 e. The quantitative estimate of drug-likeness (QED) is 0.724. The number of halogens is 1. The van der Waals surface area contributed by atoms with Crippen molar-refractivity contribution < 1.29 is 4.79 Å². The van der Waals surface area contributed by atoms with Crippen molar-refractivity contribution in [3.05, 3.63) is 63.9 Å². The average Bonchev–Trinajstić information content (AvgIpc) is 2.89. The molecule has 1 aromatic carbocycles. The van der Waals surface area contributed by atoms with Crippen molar-refractivity contribution >= 4 is 17.5 Å². The lowest BCUT2D eigenvalue weighted by Gasteiger charge is -2.41. The zero-order valence-corrected chi connectivity index (χ0v) is 19.2. The number of aromatic nitrogens is 1. The molecule has 30 heavy (non-hydrogen) atoms. The van der Waals surface area contributed by atoms with Crippen LogP contribution in [0.5, 0.6) is 0 Å². The normalized spacial score (nSPS) is 24.1. The Morgan fingerprint density at radius 3 is 2.77 bits per heavy atom. The second-order valence-electron chi connectivity index (χ2n) is 9.19. The van der Waals surface area contributed by atoms with Gasteiger partial charge in [-0.3, -0.25) is 14.7 Å². The fourth-order valence-electron chi connectivity index (χ4n) is 5.12. The zero-order valence-electron chi connectivity index (χ0n) is 18.4. The van der Waals surface area contributed by atoms with Crippen molar-refractivity contribution in [1.29, 1.82) is 0 Å². The van der Waals surface area contributed by atoms with Gasteiger partial charge in [-0.2, -0.15) is 0 Å². The number of carbonyl (C=O) groups excluding carboxylic acids is 1. The van der Waals surface area contributed by atoms with Crippen LogP contribution in [0.2, 0.25) is 5.02 Å². The predicted octanol–water partition coefficient (Wildman–Crippen LogP) is 4.54. The van der Waals surface area contributed by atoms with Gasteiger partial charge in [-0.1, -0.05) is 23.7 Å². The first-order valence-corrected chi connectivity index (χ1v) is 11.4. The van der Waals surface area contributed by atoms with Gasteiger partial charge in [-0.15, -0.1) is 0 Å². The third kappa shape index (κ3) is 4.00. The van der Waals surface area contributed by atoms with Crippen LogP contribution in [0.3, 0.4) is 0 Å². The number of hydrogen-bond donors (Lipinski definition) is 0. The summed E-state index contributed by atoms with van der Waals surface area (Å²) in [5.74, 6) is 0.815. The molecular formula is C25H32ClN3O. The lowest BCUT2D eigenvalue weighted by molar-refractivity contribution is -0.138. The summed E-state index contributed by atoms with van der Waals surface area (Å²) in [7, 11) is 4.00. The molecule has 1 fully saturated rings. The maximum atomic E-state index is 13.2. The van der Waals surface area contributed by atoms with Gasteiger partial charge in [-0.25, -0.2) is 0 Å². The summed E-state index contributed by atoms with van der Waals surface area (Å²) in [6.45, 7) is 5.07. The van der Waals surface area contributed by atoms with Gasteiger partial charge in [0, 0.05) is 30.2 Å². The SMILES string of the molecule is CC(C)N(C)C(=O)[C@H]1CC([C@H]2c3ccc(Cl)cc3CCc3cccnc32)CCN1C. The largest absolute Gasteiger partial charge is 0.342 e. The number of fused-ring (bicyclic) bond motifs is 2. The summed E-state index contributed by atoms with van der Waals surface area (Å²) in [6.07, 6.45) is 5.80. The lowest BCUT2D eigenvalue weighted by atomic mass is 9.74. The van der Waals surface area contributed by atoms with Crippen molar-refractivity contribution in [2.24, 2.45) is 5.92 Å². The molecule has 0 radical (unpaired) electrons. The second kappa shape index (κ2) is 8.68. The van der Waals surface area contributed by atoms with Gasteiger partial charge in [-0.05, 0) is 93.9 Å². The van der Waals surface area contributed by atoms with Crippen LogP contribution in [-0.2, 0) is 17.6 Å². The van der Waals surface area contributed by atoms with Gasteiger partial charge in [0.15, 0.2) is 0 Å². The number of nitrogens with zero attached hydrogens (tertiary/aromatic N) is 3. The highest BCUT2D eigenvalue weighted by Crippen LogP contribution is 2.43. The van der Waals surface area contributed by atoms with Crippen molar-refractivity contribution in [2.45, 2.75) is 57.5 Å². The summed E-state index contributed by atoms with van der Waals surface area (Å²) in [5, 5.41) is 0.793. The Balaban J connectivity index is 1.73. The van der Waals surface area contributed by atoms with E-state index in [4.69, 9.17) is 16.6 Å². The van der Waals surface area contributed by atoms with E-state index in [-0.39, 0.29) is 23.9 Å². The Hall–Kier alpha value is -1.91. The highest BCUT2D eigenvalue weighted by atomic mass is 35.5. The van der Waals surface area contributed by atoms with Crippen LogP contribution in [0, 0.1) is 5.92 Å². The summed E-state index contributed by atoms with van der Waals surface area (Å²) in [6, 6.07) is 10.7. The van der Waals surface area contributed by atoms with Crippen molar-refractivity contribution in [3.8, 4) is 0 Å². The van der Waals surface area contributed by atoms with Gasteiger partial charge in [0.1, 0.15) is 0 Å². The molecule has 1 saturated heterocycles. The van der Waals surface area contributed by atoms with E-state index in [1.165, 1.54) is 22.4 Å². The van der Waals surface area contributed by atoms with E-state index in [2.05, 4.69) is 44.0 Å². The van der Waals surface area contributed by atoms with Gasteiger partial charge in [0.25, 0.3) is 0 Å². The van der Waals surface area contributed by atoms with Crippen molar-refractivity contribution in [3.63, 3.8) is 0 Å². The molecule has 0 N–H and O–H groups in total. The number of likely N-dealkylation sites (N-methyl/N-ethyl adjacent to an activating group) is 2. The molecule has 1 amide bonds. The molecule has 2 aromatic rings. The molecule has 2 aliphatic rings. The Morgan fingerprint density at radius 2 is 2.00 bits per heavy atom. The monoisotopic (exact) mass is 425 g/mol. The third-order valence-corrected chi connectivity index (χ3v) is 7.35. The topological polar surface area (TPSA) is 36.4 Å². The molecule has 1 aliphatic heterocycles. The minimum atomic E-state index is -0.0812. The molecule has 0 bridgehead atoms. The van der Waals surface area contributed by atoms with E-state index in [9.17, 15) is 4.79 Å². The first-order chi connectivity index (χ1) is 14.4. The van der Waals surface area contributed by atoms with Gasteiger partial charge in [0.2, 0.25) is 5.91 Å². The first kappa shape index (κ1) is 21.3. The number of hydrogen-bond acceptors (Lipinski definition) is 3. The van der Waals surface area contributed by atoms with Crippen molar-refractivity contribution in [2.75, 3.05) is 20.6 Å². The van der Waals surface area contributed by atoms with Crippen LogP contribution in [0.4, 0.5) is 0 Å². The van der Waals surface area contributed by atoms with E-state index in [0.29, 0.717) is 5.92 Å². The standard InChI is InChI=1S/C25H32ClN3O/c1-16(2)29(4)25(30)22-15-19(11-13-28(22)3)23-21-10-9-20(26)14-18(21)8-7-17-6-5-12-27-24(17)23/h5-6,9-10,12,14,16,19,22-23H,7-8,11,13,15H2,1-4H3/t19?,22-,23+/m1/s1. The van der Waals surface area contributed by atoms with Gasteiger partial charge >= 0.3 is 0 Å². The number of aryl methyl sites for hydroxylation is 2. The van der Waals surface area contributed by atoms with E-state index >= 15 is 0 Å². The van der Waals surface area contributed by atoms with Crippen LogP contribution in [-0.4, -0.2) is 53.4 Å². The lowest BCUT2D eigenvalue weighted by Crippen LogP contribution is -2.52. The van der Waals surface area contributed by atoms with Crippen LogP contribution in [0.25, 0.3) is 0 Å². The Morgan fingerprint density at radius 1 is 1.23 bits per heavy atom. The molecule has 3 atom stereocenters. The molecule has 0 saturated carbocycles. The number of pyridine rings is 1. The van der Waals surface area contributed by atoms with Crippen LogP contribution < -0.4 is 0 Å². The smallest absolute Gasteiger partial charge is 0.239 e. The molecule has 160 valence electrons. The molecule has 5 heteroatoms. The molecule has 0 spiro atoms. The highest BCUT2D eigenvalue weighted by molar-refractivity contribution is 6.30. The molecular weight excluding hydrogens is 394 g/mol. The Bertz CT molecular complexity index is 928. The zero-order chi connectivity index (χ0) is 21.4. The fraction of sp³-hybridized carbons (Fsp3) is 0.520. The predicted molar refractivity (Wildman–Crippen MR) is 122 cm³/mol. The molecule has 1 unspecified atom stereocenters. The second-order valence-corrected chi connectivity index (χ2v) is 9.63. The fourth-order valence-corrected chi connectivity index (χ4v) is 5.32. The van der Waals surface area contributed by atoms with Crippen LogP contribution in [0.15, 0.2) is 36.5 Å². The Labute approximate surface area is 185 Å². The summed E-state index contributed by atoms with van der Waals surface area (Å²) < 4.78 is 0. The third-order valence-electron chi connectivity index (χ3n) is 7.11. The molecule has 2 heterocycles. The average molecular weight is 426 g/mol. The molecule has 1 aliphatic carbocycles. The summed E-state index contributed by atoms with van der Waals surface area (Å²) in [4.78, 5) is 22.2. The van der Waals surface area contributed by atoms with Crippen LogP contribution >= 0.6 is 11.6 Å². The van der Waals surface area contributed by atoms with Crippen molar-refractivity contribution in [1.82, 2.24) is 14.8 Å². The highest BCUT2D eigenvalue weighted by Gasteiger charge is 2.39. The summed E-state index contributed by atoms with van der Waals surface area (Å²) >= 11 is 6.35. The maximum absolute atomic E-state index is 13.2. The van der Waals surface area contributed by atoms with Gasteiger partial charge in [0.05, 0.1) is 11.7 Å².